The van der Waals surface area contributed by atoms with Gasteiger partial charge in [0, 0.05) is 5.02 Å². The van der Waals surface area contributed by atoms with Gasteiger partial charge in [-0.05, 0) is 61.5 Å². The molecule has 6 nitrogen and oxygen atoms in total. The number of nitrogens with one attached hydrogen (secondary N) is 2. The molecule has 34 heavy (non-hydrogen) atoms. The summed E-state index contributed by atoms with van der Waals surface area (Å²) in [5.41, 5.74) is 0.0150. The van der Waals surface area contributed by atoms with E-state index >= 15 is 0 Å². The summed E-state index contributed by atoms with van der Waals surface area (Å²) < 4.78 is 13.0. The summed E-state index contributed by atoms with van der Waals surface area (Å²) >= 11 is 18.1. The van der Waals surface area contributed by atoms with Crippen molar-refractivity contribution in [2.24, 2.45) is 23.2 Å². The molecule has 1 aliphatic heterocycles. The van der Waals surface area contributed by atoms with Crippen LogP contribution in [0, 0.1) is 23.2 Å². The van der Waals surface area contributed by atoms with E-state index in [-0.39, 0.29) is 56.1 Å². The summed E-state index contributed by atoms with van der Waals surface area (Å²) in [6.45, 7) is 10.8. The summed E-state index contributed by atoms with van der Waals surface area (Å²) in [4.78, 5) is 25.4. The smallest absolute Gasteiger partial charge is 0.404 e. The number of carbonyl (C=O) groups is 2. The van der Waals surface area contributed by atoms with Crippen LogP contribution >= 0.6 is 34.8 Å². The standard InChI is InChI=1S/C24H32BCl3N2O4/c1-12(2)6-19(25-33-18-8-13-7-17(23(13,3)4)24(18,5)34-25)30-20(31)11-29-22(32)15-9-14(26)10-16(27)21(15)28/h9-10,12-13,17-19H,6-8,11H2,1-5H3,(H,29,32)(H,30,31)/t13?,17?,18?,19-,24?/m0/s1. The van der Waals surface area contributed by atoms with E-state index in [1.165, 1.54) is 18.6 Å². The molecule has 1 aromatic carbocycles. The first kappa shape index (κ1) is 26.1. The Hall–Kier alpha value is -0.985. The Morgan fingerprint density at radius 2 is 1.88 bits per heavy atom. The lowest BCUT2D eigenvalue weighted by atomic mass is 9.43. The Bertz CT molecular complexity index is 991. The molecule has 0 spiro atoms. The molecule has 1 saturated heterocycles. The minimum absolute atomic E-state index is 0.0373. The fourth-order valence-corrected chi connectivity index (χ4v) is 6.74. The van der Waals surface area contributed by atoms with Gasteiger partial charge in [0.05, 0.1) is 39.8 Å². The van der Waals surface area contributed by atoms with Crippen molar-refractivity contribution in [1.82, 2.24) is 10.6 Å². The normalized spacial score (nSPS) is 29.9. The lowest BCUT2D eigenvalue weighted by molar-refractivity contribution is -0.199. The average molecular weight is 530 g/mol. The highest BCUT2D eigenvalue weighted by Gasteiger charge is 2.68. The first-order valence-electron chi connectivity index (χ1n) is 11.9. The molecular formula is C24H32BCl3N2O4. The van der Waals surface area contributed by atoms with E-state index in [4.69, 9.17) is 44.1 Å². The van der Waals surface area contributed by atoms with Crippen LogP contribution < -0.4 is 10.6 Å². The summed E-state index contributed by atoms with van der Waals surface area (Å²) in [6.07, 6.45) is 2.88. The highest BCUT2D eigenvalue weighted by Crippen LogP contribution is 2.65. The van der Waals surface area contributed by atoms with Gasteiger partial charge in [-0.3, -0.25) is 9.59 Å². The third-order valence-electron chi connectivity index (χ3n) is 8.02. The molecule has 3 saturated carbocycles. The second-order valence-corrected chi connectivity index (χ2v) is 12.3. The molecule has 2 N–H and O–H groups in total. The minimum Gasteiger partial charge on any atom is -0.404 e. The molecule has 2 bridgehead atoms. The molecule has 0 radical (unpaired) electrons. The van der Waals surface area contributed by atoms with E-state index in [2.05, 4.69) is 45.3 Å². The quantitative estimate of drug-likeness (QED) is 0.377. The molecule has 3 aliphatic carbocycles. The number of carbonyl (C=O) groups excluding carboxylic acids is 2. The third kappa shape index (κ3) is 4.71. The van der Waals surface area contributed by atoms with Crippen LogP contribution in [0.5, 0.6) is 0 Å². The molecule has 4 fully saturated rings. The van der Waals surface area contributed by atoms with Gasteiger partial charge in [0.15, 0.2) is 0 Å². The first-order chi connectivity index (χ1) is 15.8. The molecule has 5 atom stereocenters. The van der Waals surface area contributed by atoms with Gasteiger partial charge in [-0.2, -0.15) is 0 Å². The molecule has 10 heteroatoms. The number of halogens is 3. The van der Waals surface area contributed by atoms with E-state index in [0.29, 0.717) is 24.2 Å². The molecule has 1 aromatic rings. The largest absolute Gasteiger partial charge is 0.481 e. The zero-order valence-corrected chi connectivity index (χ0v) is 22.5. The Labute approximate surface area is 216 Å². The highest BCUT2D eigenvalue weighted by molar-refractivity contribution is 6.48. The number of amides is 2. The molecule has 5 rings (SSSR count). The second-order valence-electron chi connectivity index (χ2n) is 11.1. The fraction of sp³-hybridized carbons (Fsp3) is 0.667. The number of benzene rings is 1. The number of hydrogen-bond donors (Lipinski definition) is 2. The van der Waals surface area contributed by atoms with Crippen LogP contribution in [-0.2, 0) is 14.1 Å². The van der Waals surface area contributed by atoms with E-state index in [9.17, 15) is 9.59 Å². The second kappa shape index (κ2) is 9.47. The van der Waals surface area contributed by atoms with Gasteiger partial charge in [-0.1, -0.05) is 62.5 Å². The Morgan fingerprint density at radius 1 is 1.18 bits per heavy atom. The van der Waals surface area contributed by atoms with Gasteiger partial charge < -0.3 is 19.9 Å². The van der Waals surface area contributed by atoms with Crippen LogP contribution in [0.15, 0.2) is 12.1 Å². The van der Waals surface area contributed by atoms with Crippen molar-refractivity contribution in [3.05, 3.63) is 32.8 Å². The fourth-order valence-electron chi connectivity index (χ4n) is 6.05. The summed E-state index contributed by atoms with van der Waals surface area (Å²) in [5.74, 6) is 0.228. The predicted molar refractivity (Wildman–Crippen MR) is 135 cm³/mol. The van der Waals surface area contributed by atoms with E-state index in [1.54, 1.807) is 0 Å². The maximum Gasteiger partial charge on any atom is 0.481 e. The van der Waals surface area contributed by atoms with Crippen molar-refractivity contribution < 1.29 is 18.9 Å². The van der Waals surface area contributed by atoms with E-state index in [1.807, 2.05) is 0 Å². The molecule has 186 valence electrons. The SMILES string of the molecule is CC(C)C[C@H](NC(=O)CNC(=O)c1cc(Cl)cc(Cl)c1Cl)B1OC2CC3CC(C3(C)C)C2(C)O1. The predicted octanol–water partition coefficient (Wildman–Crippen LogP) is 5.18. The van der Waals surface area contributed by atoms with Crippen molar-refractivity contribution in [3.63, 3.8) is 0 Å². The Morgan fingerprint density at radius 3 is 2.53 bits per heavy atom. The highest BCUT2D eigenvalue weighted by atomic mass is 35.5. The molecule has 4 unspecified atom stereocenters. The molecular weight excluding hydrogens is 497 g/mol. The van der Waals surface area contributed by atoms with E-state index < -0.39 is 13.0 Å². The first-order valence-corrected chi connectivity index (χ1v) is 13.0. The van der Waals surface area contributed by atoms with Gasteiger partial charge in [-0.15, -0.1) is 0 Å². The maximum absolute atomic E-state index is 12.8. The molecule has 1 heterocycles. The lowest BCUT2D eigenvalue weighted by Crippen LogP contribution is -2.65. The zero-order valence-electron chi connectivity index (χ0n) is 20.2. The van der Waals surface area contributed by atoms with Crippen LogP contribution in [0.4, 0.5) is 0 Å². The van der Waals surface area contributed by atoms with Crippen molar-refractivity contribution in [3.8, 4) is 0 Å². The molecule has 4 aliphatic rings. The van der Waals surface area contributed by atoms with Crippen LogP contribution in [0.25, 0.3) is 0 Å². The monoisotopic (exact) mass is 528 g/mol. The average Bonchev–Trinajstić information content (AvgIpc) is 3.10. The topological polar surface area (TPSA) is 76.7 Å². The van der Waals surface area contributed by atoms with Crippen molar-refractivity contribution in [2.45, 2.75) is 71.5 Å². The van der Waals surface area contributed by atoms with Gasteiger partial charge in [0.25, 0.3) is 5.91 Å². The Kier molecular flexibility index (Phi) is 7.27. The minimum atomic E-state index is -0.529. The van der Waals surface area contributed by atoms with E-state index in [0.717, 1.165) is 6.42 Å². The van der Waals surface area contributed by atoms with Gasteiger partial charge in [0.1, 0.15) is 0 Å². The lowest BCUT2D eigenvalue weighted by Gasteiger charge is -2.64. The number of hydrogen-bond acceptors (Lipinski definition) is 4. The maximum atomic E-state index is 12.8. The summed E-state index contributed by atoms with van der Waals surface area (Å²) in [6, 6.07) is 2.87. The molecule has 0 aromatic heterocycles. The third-order valence-corrected chi connectivity index (χ3v) is 9.04. The van der Waals surface area contributed by atoms with Gasteiger partial charge in [-0.25, -0.2) is 0 Å². The van der Waals surface area contributed by atoms with Crippen molar-refractivity contribution >= 4 is 53.7 Å². The van der Waals surface area contributed by atoms with Gasteiger partial charge in [0.2, 0.25) is 5.91 Å². The van der Waals surface area contributed by atoms with Crippen molar-refractivity contribution in [1.29, 1.82) is 0 Å². The Balaban J connectivity index is 1.39. The van der Waals surface area contributed by atoms with Crippen LogP contribution in [0.3, 0.4) is 0 Å². The summed E-state index contributed by atoms with van der Waals surface area (Å²) in [5, 5.41) is 6.16. The molecule has 2 amide bonds. The number of rotatable bonds is 7. The van der Waals surface area contributed by atoms with Gasteiger partial charge >= 0.3 is 7.12 Å². The zero-order chi connectivity index (χ0) is 25.0. The van der Waals surface area contributed by atoms with Crippen LogP contribution in [0.2, 0.25) is 15.1 Å². The van der Waals surface area contributed by atoms with Crippen LogP contribution in [-0.4, -0.2) is 43.1 Å². The summed E-state index contributed by atoms with van der Waals surface area (Å²) in [7, 11) is -0.520. The van der Waals surface area contributed by atoms with Crippen molar-refractivity contribution in [2.75, 3.05) is 6.54 Å². The van der Waals surface area contributed by atoms with Crippen LogP contribution in [0.1, 0.15) is 64.2 Å².